The van der Waals surface area contributed by atoms with Crippen molar-refractivity contribution in [3.8, 4) is 0 Å². The van der Waals surface area contributed by atoms with Gasteiger partial charge in [-0.3, -0.25) is 19.2 Å². The molecule has 0 heterocycles. The number of carbonyl (C=O) groups is 6. The molecule has 0 rings (SSSR count). The van der Waals surface area contributed by atoms with Crippen LogP contribution in [0.2, 0.25) is 0 Å². The second kappa shape index (κ2) is 41.7. The summed E-state index contributed by atoms with van der Waals surface area (Å²) in [5.74, 6) is -1.25. The molecule has 0 unspecified atom stereocenters. The van der Waals surface area contributed by atoms with Crippen molar-refractivity contribution in [3.05, 3.63) is 0 Å². The van der Waals surface area contributed by atoms with Gasteiger partial charge in [-0.15, -0.1) is 0 Å². The third kappa shape index (κ3) is 46.8. The van der Waals surface area contributed by atoms with Gasteiger partial charge in [0, 0.05) is 26.7 Å². The predicted molar refractivity (Wildman–Crippen MR) is 241 cm³/mol. The molecule has 63 heavy (non-hydrogen) atoms. The SMILES string of the molecule is CC(=O)OCC[N+](C)(C)CC(=O)OCCCCCCCCCCOC(=O)CCCCCCCCCCC(=O)OCCCCCCCCCCOC(=O)C[N+](C)(C)CCOC(C)=O.[Cl-]. The summed E-state index contributed by atoms with van der Waals surface area (Å²) >= 11 is 0. The van der Waals surface area contributed by atoms with E-state index < -0.39 is 0 Å². The van der Waals surface area contributed by atoms with Crippen LogP contribution in [0.25, 0.3) is 0 Å². The zero-order chi connectivity index (χ0) is 46.2. The molecule has 0 spiro atoms. The molecule has 0 aliphatic rings. The first kappa shape index (κ1) is 62.1. The Balaban J connectivity index is 0. The summed E-state index contributed by atoms with van der Waals surface area (Å²) in [6.45, 7) is 6.86. The molecule has 0 saturated carbocycles. The average Bonchev–Trinajstić information content (AvgIpc) is 3.18. The van der Waals surface area contributed by atoms with Crippen molar-refractivity contribution in [1.82, 2.24) is 0 Å². The Labute approximate surface area is 388 Å². The highest BCUT2D eigenvalue weighted by Crippen LogP contribution is 2.14. The molecule has 0 aromatic heterocycles. The second-order valence-corrected chi connectivity index (χ2v) is 18.2. The number of nitrogens with zero attached hydrogens (tertiary/aromatic N) is 2. The van der Waals surface area contributed by atoms with E-state index in [4.69, 9.17) is 28.4 Å². The van der Waals surface area contributed by atoms with Crippen molar-refractivity contribution in [2.45, 2.75) is 181 Å². The van der Waals surface area contributed by atoms with E-state index in [0.717, 1.165) is 154 Å². The van der Waals surface area contributed by atoms with Gasteiger partial charge in [0.1, 0.15) is 26.3 Å². The van der Waals surface area contributed by atoms with Crippen molar-refractivity contribution < 1.29 is 78.6 Å². The molecule has 0 bridgehead atoms. The molecular weight excluding hydrogens is 832 g/mol. The van der Waals surface area contributed by atoms with E-state index in [2.05, 4.69) is 0 Å². The van der Waals surface area contributed by atoms with Gasteiger partial charge in [0.15, 0.2) is 13.1 Å². The van der Waals surface area contributed by atoms with Crippen LogP contribution >= 0.6 is 0 Å². The van der Waals surface area contributed by atoms with Crippen LogP contribution in [0.1, 0.15) is 181 Å². The third-order valence-corrected chi connectivity index (χ3v) is 10.8. The number of ether oxygens (including phenoxy) is 6. The van der Waals surface area contributed by atoms with Crippen LogP contribution in [0.5, 0.6) is 0 Å². The molecule has 0 radical (unpaired) electrons. The van der Waals surface area contributed by atoms with Gasteiger partial charge < -0.3 is 49.8 Å². The monoisotopic (exact) mass is 922 g/mol. The van der Waals surface area contributed by atoms with Gasteiger partial charge in [-0.25, -0.2) is 9.59 Å². The zero-order valence-electron chi connectivity index (χ0n) is 40.6. The Morgan fingerprint density at radius 3 is 0.778 bits per heavy atom. The molecule has 0 saturated heterocycles. The smallest absolute Gasteiger partial charge is 0.361 e. The standard InChI is InChI=1S/C48H90N2O12.ClH/c1-43(51)57-39-33-49(3,4)41-47(55)61-37-29-23-17-11-9-15-21-27-35-59-45(53)31-25-19-13-7-8-14-20-26-32-46(54)60-36-28-22-16-10-12-18-24-30-38-62-48(56)42-50(5,6)34-40-58-44(2)52;/h7-42H2,1-6H3;1H/q+2;/p-1. The Hall–Kier alpha value is -2.97. The molecule has 0 aromatic carbocycles. The number of quaternary nitrogens is 2. The number of likely N-dealkylation sites (N-methyl/N-ethyl adjacent to an activating group) is 2. The first-order valence-corrected chi connectivity index (χ1v) is 24.1. The van der Waals surface area contributed by atoms with Crippen molar-refractivity contribution in [1.29, 1.82) is 0 Å². The van der Waals surface area contributed by atoms with Crippen molar-refractivity contribution in [3.63, 3.8) is 0 Å². The summed E-state index contributed by atoms with van der Waals surface area (Å²) < 4.78 is 32.3. The fourth-order valence-electron chi connectivity index (χ4n) is 6.84. The van der Waals surface area contributed by atoms with E-state index in [1.807, 2.05) is 28.2 Å². The lowest BCUT2D eigenvalue weighted by Gasteiger charge is -2.28. The van der Waals surface area contributed by atoms with Crippen molar-refractivity contribution >= 4 is 35.8 Å². The Morgan fingerprint density at radius 2 is 0.524 bits per heavy atom. The fraction of sp³-hybridized carbons (Fsp3) is 0.875. The van der Waals surface area contributed by atoms with Gasteiger partial charge in [-0.2, -0.15) is 0 Å². The highest BCUT2D eigenvalue weighted by molar-refractivity contribution is 5.71. The van der Waals surface area contributed by atoms with Crippen molar-refractivity contribution in [2.24, 2.45) is 0 Å². The number of hydrogen-bond donors (Lipinski definition) is 0. The van der Waals surface area contributed by atoms with E-state index in [0.29, 0.717) is 61.3 Å². The molecule has 15 heteroatoms. The summed E-state index contributed by atoms with van der Waals surface area (Å²) in [4.78, 5) is 70.1. The topological polar surface area (TPSA) is 158 Å². The lowest BCUT2D eigenvalue weighted by atomic mass is 10.1. The maximum atomic E-state index is 12.1. The highest BCUT2D eigenvalue weighted by atomic mass is 35.5. The molecule has 0 aliphatic heterocycles. The minimum atomic E-state index is -0.315. The summed E-state index contributed by atoms with van der Waals surface area (Å²) in [6, 6.07) is 0. The Kier molecular flexibility index (Phi) is 41.1. The number of rotatable bonds is 43. The molecular formula is C48H90ClN2O12+. The van der Waals surface area contributed by atoms with Gasteiger partial charge in [-0.1, -0.05) is 116 Å². The van der Waals surface area contributed by atoms with Crippen LogP contribution in [0.3, 0.4) is 0 Å². The number of unbranched alkanes of at least 4 members (excludes halogenated alkanes) is 21. The largest absolute Gasteiger partial charge is 1.00 e. The van der Waals surface area contributed by atoms with E-state index in [1.165, 1.54) is 13.8 Å². The molecule has 14 nitrogen and oxygen atoms in total. The fourth-order valence-corrected chi connectivity index (χ4v) is 6.84. The number of halogens is 1. The quantitative estimate of drug-likeness (QED) is 0.0324. The zero-order valence-corrected chi connectivity index (χ0v) is 41.4. The van der Waals surface area contributed by atoms with Gasteiger partial charge in [0.25, 0.3) is 0 Å². The van der Waals surface area contributed by atoms with E-state index in [1.54, 1.807) is 0 Å². The van der Waals surface area contributed by atoms with Crippen LogP contribution in [0.4, 0.5) is 0 Å². The lowest BCUT2D eigenvalue weighted by Crippen LogP contribution is -3.00. The van der Waals surface area contributed by atoms with Crippen molar-refractivity contribution in [2.75, 3.05) is 94.0 Å². The molecule has 0 aliphatic carbocycles. The van der Waals surface area contributed by atoms with Crippen LogP contribution < -0.4 is 12.4 Å². The van der Waals surface area contributed by atoms with Crippen LogP contribution in [0.15, 0.2) is 0 Å². The maximum Gasteiger partial charge on any atom is 0.361 e. The molecule has 370 valence electrons. The van der Waals surface area contributed by atoms with E-state index in [-0.39, 0.29) is 74.5 Å². The minimum absolute atomic E-state index is 0. The Bertz CT molecular complexity index is 1110. The molecule has 0 N–H and O–H groups in total. The van der Waals surface area contributed by atoms with Crippen LogP contribution in [-0.4, -0.2) is 139 Å². The average molecular weight is 923 g/mol. The third-order valence-electron chi connectivity index (χ3n) is 10.8. The Morgan fingerprint density at radius 1 is 0.302 bits per heavy atom. The lowest BCUT2D eigenvalue weighted by molar-refractivity contribution is -0.883. The predicted octanol–water partition coefficient (Wildman–Crippen LogP) is 5.58. The maximum absolute atomic E-state index is 12.1. The highest BCUT2D eigenvalue weighted by Gasteiger charge is 2.22. The molecule has 0 fully saturated rings. The normalized spacial score (nSPS) is 11.3. The summed E-state index contributed by atoms with van der Waals surface area (Å²) in [5, 5.41) is 0. The number of esters is 6. The molecule has 0 aromatic rings. The second-order valence-electron chi connectivity index (χ2n) is 18.2. The van der Waals surface area contributed by atoms with E-state index >= 15 is 0 Å². The van der Waals surface area contributed by atoms with E-state index in [9.17, 15) is 28.8 Å². The first-order chi connectivity index (χ1) is 29.6. The number of carbonyl (C=O) groups excluding carboxylic acids is 6. The van der Waals surface area contributed by atoms with Gasteiger partial charge in [-0.05, 0) is 38.5 Å². The molecule has 0 atom stereocenters. The van der Waals surface area contributed by atoms with Gasteiger partial charge >= 0.3 is 35.8 Å². The molecule has 0 amide bonds. The van der Waals surface area contributed by atoms with Crippen LogP contribution in [0, 0.1) is 0 Å². The summed E-state index contributed by atoms with van der Waals surface area (Å²) in [5.41, 5.74) is 0. The first-order valence-electron chi connectivity index (χ1n) is 24.1. The number of hydrogen-bond acceptors (Lipinski definition) is 12. The minimum Gasteiger partial charge on any atom is -1.00 e. The van der Waals surface area contributed by atoms with Gasteiger partial charge in [0.2, 0.25) is 0 Å². The summed E-state index contributed by atoms with van der Waals surface area (Å²) in [7, 11) is 7.66. The van der Waals surface area contributed by atoms with Crippen LogP contribution in [-0.2, 0) is 57.2 Å². The van der Waals surface area contributed by atoms with Gasteiger partial charge in [0.05, 0.1) is 54.6 Å². The summed E-state index contributed by atoms with van der Waals surface area (Å²) in [6.07, 6.45) is 26.3.